The lowest BCUT2D eigenvalue weighted by Gasteiger charge is -2.03. The average molecular weight is 285 g/mol. The number of nitrogens with zero attached hydrogens (tertiary/aromatic N) is 3. The molecule has 0 saturated heterocycles. The molecular weight excluding hydrogens is 275 g/mol. The first-order valence-electron chi connectivity index (χ1n) is 5.42. The number of anilines is 2. The quantitative estimate of drug-likeness (QED) is 0.898. The molecule has 0 aliphatic rings. The Morgan fingerprint density at radius 2 is 2.10 bits per heavy atom. The highest BCUT2D eigenvalue weighted by Crippen LogP contribution is 2.28. The van der Waals surface area contributed by atoms with Gasteiger partial charge in [0.05, 0.1) is 0 Å². The summed E-state index contributed by atoms with van der Waals surface area (Å²) in [5.41, 5.74) is 5.70. The summed E-state index contributed by atoms with van der Waals surface area (Å²) >= 11 is 0. The summed E-state index contributed by atoms with van der Waals surface area (Å²) in [6.07, 6.45) is -4.59. The van der Waals surface area contributed by atoms with E-state index in [1.54, 1.807) is 6.07 Å². The lowest BCUT2D eigenvalue weighted by atomic mass is 10.2. The number of aryl methyl sites for hydroxylation is 1. The monoisotopic (exact) mass is 285 g/mol. The van der Waals surface area contributed by atoms with Gasteiger partial charge in [-0.15, -0.1) is 5.10 Å². The number of rotatable bonds is 3. The summed E-state index contributed by atoms with van der Waals surface area (Å²) in [6, 6.07) is 5.97. The summed E-state index contributed by atoms with van der Waals surface area (Å²) in [5, 5.41) is 6.19. The van der Waals surface area contributed by atoms with Crippen molar-refractivity contribution in [3.8, 4) is 0 Å². The van der Waals surface area contributed by atoms with E-state index in [0.29, 0.717) is 10.4 Å². The molecule has 2 rings (SSSR count). The van der Waals surface area contributed by atoms with Crippen LogP contribution >= 0.6 is 0 Å². The minimum Gasteiger partial charge on any atom is -0.366 e. The van der Waals surface area contributed by atoms with Crippen LogP contribution < -0.4 is 11.1 Å². The molecule has 0 spiro atoms. The molecule has 0 bridgehead atoms. The number of hydrogen-bond donors (Lipinski definition) is 2. The number of benzene rings is 1. The topological polar surface area (TPSA) is 85.8 Å². The van der Waals surface area contributed by atoms with Crippen LogP contribution in [0.15, 0.2) is 24.3 Å². The third kappa shape index (κ3) is 2.87. The summed E-state index contributed by atoms with van der Waals surface area (Å²) in [6.45, 7) is 0. The van der Waals surface area contributed by atoms with Crippen molar-refractivity contribution in [3.05, 3.63) is 35.7 Å². The minimum atomic E-state index is -4.59. The van der Waals surface area contributed by atoms with Crippen LogP contribution in [0.5, 0.6) is 0 Å². The van der Waals surface area contributed by atoms with E-state index in [-0.39, 0.29) is 11.5 Å². The first-order valence-corrected chi connectivity index (χ1v) is 5.42. The lowest BCUT2D eigenvalue weighted by Crippen LogP contribution is -2.13. The van der Waals surface area contributed by atoms with Crippen molar-refractivity contribution in [1.82, 2.24) is 14.8 Å². The number of carbonyl (C=O) groups is 1. The molecule has 20 heavy (non-hydrogen) atoms. The Morgan fingerprint density at radius 1 is 1.40 bits per heavy atom. The number of carbonyl (C=O) groups excluding carboxylic acids is 1. The fraction of sp³-hybridized carbons (Fsp3) is 0.182. The molecule has 106 valence electrons. The highest BCUT2D eigenvalue weighted by atomic mass is 19.4. The summed E-state index contributed by atoms with van der Waals surface area (Å²) in [4.78, 5) is 14.4. The van der Waals surface area contributed by atoms with E-state index in [1.807, 2.05) is 0 Å². The molecule has 0 saturated carbocycles. The van der Waals surface area contributed by atoms with Crippen molar-refractivity contribution in [2.75, 3.05) is 5.32 Å². The zero-order valence-corrected chi connectivity index (χ0v) is 10.3. The van der Waals surface area contributed by atoms with Gasteiger partial charge in [0.25, 0.3) is 0 Å². The van der Waals surface area contributed by atoms with Crippen molar-refractivity contribution < 1.29 is 18.0 Å². The van der Waals surface area contributed by atoms with Crippen LogP contribution in [-0.4, -0.2) is 20.7 Å². The normalized spacial score (nSPS) is 11.4. The minimum absolute atomic E-state index is 0.221. The average Bonchev–Trinajstić information content (AvgIpc) is 2.70. The zero-order valence-electron chi connectivity index (χ0n) is 10.3. The van der Waals surface area contributed by atoms with Gasteiger partial charge in [0.2, 0.25) is 17.7 Å². The number of hydrogen-bond acceptors (Lipinski definition) is 4. The first kappa shape index (κ1) is 13.8. The van der Waals surface area contributed by atoms with Gasteiger partial charge < -0.3 is 11.1 Å². The number of halogens is 3. The predicted molar refractivity (Wildman–Crippen MR) is 64.2 cm³/mol. The number of alkyl halides is 3. The van der Waals surface area contributed by atoms with Gasteiger partial charge in [-0.1, -0.05) is 6.07 Å². The fourth-order valence-corrected chi connectivity index (χ4v) is 1.56. The second-order valence-corrected chi connectivity index (χ2v) is 3.95. The van der Waals surface area contributed by atoms with Gasteiger partial charge in [0, 0.05) is 18.3 Å². The fourth-order valence-electron chi connectivity index (χ4n) is 1.56. The Balaban J connectivity index is 2.27. The highest BCUT2D eigenvalue weighted by molar-refractivity contribution is 5.93. The van der Waals surface area contributed by atoms with Gasteiger partial charge in [-0.05, 0) is 18.2 Å². The van der Waals surface area contributed by atoms with Crippen molar-refractivity contribution in [2.24, 2.45) is 12.8 Å². The Bertz CT molecular complexity index is 650. The molecule has 0 unspecified atom stereocenters. The van der Waals surface area contributed by atoms with Crippen molar-refractivity contribution in [3.63, 3.8) is 0 Å². The Kier molecular flexibility index (Phi) is 3.35. The van der Waals surface area contributed by atoms with Gasteiger partial charge in [-0.2, -0.15) is 18.2 Å². The number of aromatic nitrogens is 3. The van der Waals surface area contributed by atoms with E-state index in [9.17, 15) is 18.0 Å². The molecule has 1 aromatic carbocycles. The molecule has 3 N–H and O–H groups in total. The maximum Gasteiger partial charge on any atom is 0.451 e. The maximum absolute atomic E-state index is 12.6. The van der Waals surface area contributed by atoms with Gasteiger partial charge in [0.15, 0.2) is 0 Å². The third-order valence-corrected chi connectivity index (χ3v) is 2.42. The Morgan fingerprint density at radius 3 is 2.65 bits per heavy atom. The van der Waals surface area contributed by atoms with Gasteiger partial charge >= 0.3 is 6.18 Å². The second kappa shape index (κ2) is 4.83. The molecule has 1 amide bonds. The molecule has 6 nitrogen and oxygen atoms in total. The molecular formula is C11H10F3N5O. The number of nitrogens with one attached hydrogen (secondary N) is 1. The van der Waals surface area contributed by atoms with E-state index < -0.39 is 17.9 Å². The van der Waals surface area contributed by atoms with E-state index in [2.05, 4.69) is 15.4 Å². The van der Waals surface area contributed by atoms with Crippen molar-refractivity contribution in [2.45, 2.75) is 6.18 Å². The molecule has 0 atom stereocenters. The standard InChI is InChI=1S/C11H10F3N5O/c1-19-9(11(12,13)14)17-10(18-19)16-7-4-2-3-6(5-7)8(15)20/h2-5H,1H3,(H2,15,20)(H,16,18). The van der Waals surface area contributed by atoms with Gasteiger partial charge in [-0.25, -0.2) is 4.68 Å². The molecule has 2 aromatic rings. The number of amides is 1. The molecule has 0 aliphatic carbocycles. The molecule has 9 heteroatoms. The highest BCUT2D eigenvalue weighted by Gasteiger charge is 2.37. The first-order chi connectivity index (χ1) is 9.27. The van der Waals surface area contributed by atoms with E-state index in [1.165, 1.54) is 18.2 Å². The predicted octanol–water partition coefficient (Wildman–Crippen LogP) is 1.68. The molecule has 1 heterocycles. The van der Waals surface area contributed by atoms with E-state index in [4.69, 9.17) is 5.73 Å². The largest absolute Gasteiger partial charge is 0.451 e. The summed E-state index contributed by atoms with van der Waals surface area (Å²) < 4.78 is 38.3. The van der Waals surface area contributed by atoms with Crippen LogP contribution in [-0.2, 0) is 13.2 Å². The van der Waals surface area contributed by atoms with E-state index >= 15 is 0 Å². The zero-order chi connectivity index (χ0) is 14.9. The lowest BCUT2D eigenvalue weighted by molar-refractivity contribution is -0.147. The van der Waals surface area contributed by atoms with Crippen LogP contribution in [0.1, 0.15) is 16.2 Å². The van der Waals surface area contributed by atoms with Gasteiger partial charge in [-0.3, -0.25) is 4.79 Å². The molecule has 0 fully saturated rings. The molecule has 1 aromatic heterocycles. The Hall–Kier alpha value is -2.58. The van der Waals surface area contributed by atoms with Crippen molar-refractivity contribution in [1.29, 1.82) is 0 Å². The number of primary amides is 1. The molecule has 0 radical (unpaired) electrons. The van der Waals surface area contributed by atoms with Crippen molar-refractivity contribution >= 4 is 17.5 Å². The Labute approximate surface area is 111 Å². The van der Waals surface area contributed by atoms with Gasteiger partial charge in [0.1, 0.15) is 0 Å². The van der Waals surface area contributed by atoms with Crippen LogP contribution in [0.4, 0.5) is 24.8 Å². The molecule has 0 aliphatic heterocycles. The maximum atomic E-state index is 12.6. The van der Waals surface area contributed by atoms with Crippen LogP contribution in [0.3, 0.4) is 0 Å². The third-order valence-electron chi connectivity index (χ3n) is 2.42. The smallest absolute Gasteiger partial charge is 0.366 e. The SMILES string of the molecule is Cn1nc(Nc2cccc(C(N)=O)c2)nc1C(F)(F)F. The second-order valence-electron chi connectivity index (χ2n) is 3.95. The van der Waals surface area contributed by atoms with Crippen LogP contribution in [0, 0.1) is 0 Å². The summed E-state index contributed by atoms with van der Waals surface area (Å²) in [7, 11) is 1.14. The van der Waals surface area contributed by atoms with Crippen LogP contribution in [0.25, 0.3) is 0 Å². The van der Waals surface area contributed by atoms with Crippen LogP contribution in [0.2, 0.25) is 0 Å². The summed E-state index contributed by atoms with van der Waals surface area (Å²) in [5.74, 6) is -1.98. The van der Waals surface area contributed by atoms with E-state index in [0.717, 1.165) is 7.05 Å². The number of nitrogens with two attached hydrogens (primary N) is 1.